The minimum Gasteiger partial charge on any atom is -0.488 e. The fourth-order valence-corrected chi connectivity index (χ4v) is 3.67. The van der Waals surface area contributed by atoms with Crippen molar-refractivity contribution in [2.24, 2.45) is 11.8 Å². The van der Waals surface area contributed by atoms with E-state index in [1.54, 1.807) is 4.90 Å². The molecule has 1 aliphatic carbocycles. The maximum Gasteiger partial charge on any atom is 0.227 e. The monoisotopic (exact) mass is 403 g/mol. The Balaban J connectivity index is 1.91. The molecule has 7 heteroatoms. The molecule has 0 bridgehead atoms. The highest BCUT2D eigenvalue weighted by molar-refractivity contribution is 5.94. The van der Waals surface area contributed by atoms with Gasteiger partial charge in [0.05, 0.1) is 19.1 Å². The zero-order chi connectivity index (χ0) is 21.1. The van der Waals surface area contributed by atoms with E-state index in [1.165, 1.54) is 0 Å². The third-order valence-corrected chi connectivity index (χ3v) is 5.68. The maximum atomic E-state index is 13.1. The molecule has 7 nitrogen and oxygen atoms in total. The van der Waals surface area contributed by atoms with Crippen LogP contribution in [0.25, 0.3) is 0 Å². The average Bonchev–Trinajstić information content (AvgIpc) is 3.50. The van der Waals surface area contributed by atoms with Crippen LogP contribution in [-0.4, -0.2) is 72.7 Å². The summed E-state index contributed by atoms with van der Waals surface area (Å²) in [6.07, 6.45) is 1.95. The number of carbonyl (C=O) groups excluding carboxylic acids is 2. The number of aliphatic hydroxyl groups excluding tert-OH is 1. The molecule has 0 unspecified atom stereocenters. The Morgan fingerprint density at radius 3 is 2.72 bits per heavy atom. The smallest absolute Gasteiger partial charge is 0.227 e. The predicted octanol–water partition coefficient (Wildman–Crippen LogP) is 1.75. The van der Waals surface area contributed by atoms with Crippen LogP contribution in [0, 0.1) is 11.8 Å². The van der Waals surface area contributed by atoms with Crippen LogP contribution in [-0.2, 0) is 16.0 Å². The molecule has 1 aromatic rings. The number of fused-ring (bicyclic) bond motifs is 1. The predicted molar refractivity (Wildman–Crippen MR) is 112 cm³/mol. The van der Waals surface area contributed by atoms with Gasteiger partial charge in [-0.15, -0.1) is 0 Å². The summed E-state index contributed by atoms with van der Waals surface area (Å²) in [5, 5.41) is 12.6. The fraction of sp³-hybridized carbons (Fsp3) is 0.636. The number of aliphatic hydroxyl groups is 1. The summed E-state index contributed by atoms with van der Waals surface area (Å²) in [7, 11) is 4.00. The number of amides is 2. The molecular formula is C22H33N3O4. The highest BCUT2D eigenvalue weighted by Gasteiger charge is 2.32. The maximum absolute atomic E-state index is 13.1. The van der Waals surface area contributed by atoms with E-state index in [9.17, 15) is 14.7 Å². The number of nitrogens with one attached hydrogen (secondary N) is 1. The lowest BCUT2D eigenvalue weighted by molar-refractivity contribution is -0.134. The van der Waals surface area contributed by atoms with Gasteiger partial charge in [0.15, 0.2) is 0 Å². The molecular weight excluding hydrogens is 370 g/mol. The molecule has 160 valence electrons. The highest BCUT2D eigenvalue weighted by atomic mass is 16.5. The Morgan fingerprint density at radius 1 is 1.38 bits per heavy atom. The van der Waals surface area contributed by atoms with Crippen molar-refractivity contribution in [3.63, 3.8) is 0 Å². The van der Waals surface area contributed by atoms with Gasteiger partial charge in [0, 0.05) is 36.2 Å². The zero-order valence-electron chi connectivity index (χ0n) is 17.9. The second-order valence-corrected chi connectivity index (χ2v) is 8.74. The molecule has 0 saturated heterocycles. The van der Waals surface area contributed by atoms with Gasteiger partial charge in [-0.1, -0.05) is 6.92 Å². The topological polar surface area (TPSA) is 82.1 Å². The third kappa shape index (κ3) is 5.48. The van der Waals surface area contributed by atoms with E-state index < -0.39 is 0 Å². The molecule has 2 N–H and O–H groups in total. The second kappa shape index (κ2) is 9.13. The van der Waals surface area contributed by atoms with Gasteiger partial charge in [-0.3, -0.25) is 9.59 Å². The number of anilines is 1. The SMILES string of the molecule is C[C@@H]1CN([C@H](C)CO)C(=O)Cc2cc(NC(=O)C3CC3)ccc2O[C@@H]1CN(C)C. The summed E-state index contributed by atoms with van der Waals surface area (Å²) in [6, 6.07) is 5.28. The van der Waals surface area contributed by atoms with Crippen molar-refractivity contribution in [1.82, 2.24) is 9.80 Å². The van der Waals surface area contributed by atoms with Crippen molar-refractivity contribution in [3.8, 4) is 5.75 Å². The van der Waals surface area contributed by atoms with Gasteiger partial charge in [-0.05, 0) is 52.1 Å². The normalized spacial score (nSPS) is 23.5. The van der Waals surface area contributed by atoms with E-state index in [-0.39, 0.29) is 48.8 Å². The molecule has 1 saturated carbocycles. The van der Waals surface area contributed by atoms with E-state index >= 15 is 0 Å². The van der Waals surface area contributed by atoms with Crippen LogP contribution in [0.3, 0.4) is 0 Å². The molecule has 0 spiro atoms. The minimum absolute atomic E-state index is 0.0369. The largest absolute Gasteiger partial charge is 0.488 e. The molecule has 2 aliphatic rings. The number of hydrogen-bond donors (Lipinski definition) is 2. The van der Waals surface area contributed by atoms with E-state index in [0.29, 0.717) is 18.0 Å². The Hall–Kier alpha value is -2.12. The van der Waals surface area contributed by atoms with Gasteiger partial charge in [0.1, 0.15) is 11.9 Å². The molecule has 29 heavy (non-hydrogen) atoms. The van der Waals surface area contributed by atoms with Crippen molar-refractivity contribution in [2.45, 2.75) is 45.3 Å². The number of likely N-dealkylation sites (N-methyl/N-ethyl adjacent to an activating group) is 1. The van der Waals surface area contributed by atoms with E-state index in [1.807, 2.05) is 39.2 Å². The Bertz CT molecular complexity index is 748. The molecule has 2 amide bonds. The quantitative estimate of drug-likeness (QED) is 0.756. The van der Waals surface area contributed by atoms with Gasteiger partial charge >= 0.3 is 0 Å². The van der Waals surface area contributed by atoms with E-state index in [4.69, 9.17) is 4.74 Å². The molecule has 1 heterocycles. The summed E-state index contributed by atoms with van der Waals surface area (Å²) in [6.45, 7) is 5.10. The Morgan fingerprint density at radius 2 is 2.10 bits per heavy atom. The Kier molecular flexibility index (Phi) is 6.80. The number of carbonyl (C=O) groups is 2. The fourth-order valence-electron chi connectivity index (χ4n) is 3.67. The van der Waals surface area contributed by atoms with Crippen molar-refractivity contribution >= 4 is 17.5 Å². The van der Waals surface area contributed by atoms with Crippen LogP contribution in [0.2, 0.25) is 0 Å². The van der Waals surface area contributed by atoms with Crippen molar-refractivity contribution in [2.75, 3.05) is 39.1 Å². The molecule has 3 rings (SSSR count). The number of nitrogens with zero attached hydrogens (tertiary/aromatic N) is 2. The summed E-state index contributed by atoms with van der Waals surface area (Å²) in [5.41, 5.74) is 1.45. The number of rotatable bonds is 6. The lowest BCUT2D eigenvalue weighted by atomic mass is 10.0. The van der Waals surface area contributed by atoms with Gasteiger partial charge in [-0.2, -0.15) is 0 Å². The molecule has 3 atom stereocenters. The average molecular weight is 404 g/mol. The second-order valence-electron chi connectivity index (χ2n) is 8.74. The lowest BCUT2D eigenvalue weighted by Gasteiger charge is -2.33. The van der Waals surface area contributed by atoms with E-state index in [0.717, 1.165) is 24.9 Å². The van der Waals surface area contributed by atoms with Gasteiger partial charge in [0.2, 0.25) is 11.8 Å². The third-order valence-electron chi connectivity index (χ3n) is 5.68. The number of hydrogen-bond acceptors (Lipinski definition) is 5. The lowest BCUT2D eigenvalue weighted by Crippen LogP contribution is -2.47. The van der Waals surface area contributed by atoms with Crippen LogP contribution in [0.5, 0.6) is 5.75 Å². The summed E-state index contributed by atoms with van der Waals surface area (Å²) < 4.78 is 6.37. The molecule has 0 radical (unpaired) electrons. The molecule has 0 aromatic heterocycles. The summed E-state index contributed by atoms with van der Waals surface area (Å²) >= 11 is 0. The molecule has 1 aliphatic heterocycles. The zero-order valence-corrected chi connectivity index (χ0v) is 17.9. The van der Waals surface area contributed by atoms with Crippen LogP contribution in [0.15, 0.2) is 18.2 Å². The number of ether oxygens (including phenoxy) is 1. The van der Waals surface area contributed by atoms with Crippen LogP contribution in [0.1, 0.15) is 32.3 Å². The van der Waals surface area contributed by atoms with Gasteiger partial charge < -0.3 is 25.0 Å². The van der Waals surface area contributed by atoms with Crippen LogP contribution < -0.4 is 10.1 Å². The highest BCUT2D eigenvalue weighted by Crippen LogP contribution is 2.32. The van der Waals surface area contributed by atoms with E-state index in [2.05, 4.69) is 17.1 Å². The first kappa shape index (κ1) is 21.6. The molecule has 1 fully saturated rings. The van der Waals surface area contributed by atoms with Crippen molar-refractivity contribution < 1.29 is 19.4 Å². The van der Waals surface area contributed by atoms with Crippen LogP contribution >= 0.6 is 0 Å². The summed E-state index contributed by atoms with van der Waals surface area (Å²) in [4.78, 5) is 29.0. The minimum atomic E-state index is -0.260. The first-order valence-electron chi connectivity index (χ1n) is 10.4. The molecule has 1 aromatic carbocycles. The first-order chi connectivity index (χ1) is 13.8. The van der Waals surface area contributed by atoms with Gasteiger partial charge in [-0.25, -0.2) is 0 Å². The van der Waals surface area contributed by atoms with Crippen molar-refractivity contribution in [1.29, 1.82) is 0 Å². The first-order valence-corrected chi connectivity index (χ1v) is 10.4. The number of benzene rings is 1. The Labute approximate surface area is 173 Å². The standard InChI is InChI=1S/C22H33N3O4/c1-14-11-25(15(2)13-26)21(27)10-17-9-18(23-22(28)16-5-6-16)7-8-19(17)29-20(14)12-24(3)4/h7-9,14-16,20,26H,5-6,10-13H2,1-4H3,(H,23,28)/t14-,15-,20-/m1/s1. The van der Waals surface area contributed by atoms with Gasteiger partial charge in [0.25, 0.3) is 0 Å². The summed E-state index contributed by atoms with van der Waals surface area (Å²) in [5.74, 6) is 0.883. The van der Waals surface area contributed by atoms with Crippen molar-refractivity contribution in [3.05, 3.63) is 23.8 Å². The van der Waals surface area contributed by atoms with Crippen LogP contribution in [0.4, 0.5) is 5.69 Å².